The lowest BCUT2D eigenvalue weighted by Crippen LogP contribution is -2.43. The summed E-state index contributed by atoms with van der Waals surface area (Å²) >= 11 is 0. The van der Waals surface area contributed by atoms with Crippen molar-refractivity contribution in [1.29, 1.82) is 0 Å². The van der Waals surface area contributed by atoms with Gasteiger partial charge < -0.3 is 20.3 Å². The maximum atomic E-state index is 12.3. The molecule has 2 N–H and O–H groups in total. The molecule has 0 spiro atoms. The van der Waals surface area contributed by atoms with Crippen LogP contribution in [0.4, 0.5) is 5.82 Å². The molecule has 1 aromatic heterocycles. The highest BCUT2D eigenvalue weighted by Gasteiger charge is 2.37. The number of carbonyl (C=O) groups is 2. The third-order valence-corrected chi connectivity index (χ3v) is 4.10. The first kappa shape index (κ1) is 13.8. The van der Waals surface area contributed by atoms with Crippen molar-refractivity contribution in [3.8, 4) is 0 Å². The number of fused-ring (bicyclic) bond motifs is 3. The first-order chi connectivity index (χ1) is 10.1. The molecule has 3 rings (SSSR count). The molecule has 0 radical (unpaired) electrons. The molecular formula is C14H18N4O3. The van der Waals surface area contributed by atoms with Crippen LogP contribution in [0.2, 0.25) is 0 Å². The second kappa shape index (κ2) is 5.33. The second-order valence-corrected chi connectivity index (χ2v) is 5.51. The minimum absolute atomic E-state index is 0.0163. The lowest BCUT2D eigenvalue weighted by atomic mass is 10.1. The smallest absolute Gasteiger partial charge is 0.250 e. The summed E-state index contributed by atoms with van der Waals surface area (Å²) in [6.45, 7) is 2.22. The Labute approximate surface area is 122 Å². The third-order valence-electron chi connectivity index (χ3n) is 4.10. The van der Waals surface area contributed by atoms with Crippen molar-refractivity contribution in [2.75, 3.05) is 38.3 Å². The molecule has 0 aromatic carbocycles. The Morgan fingerprint density at radius 3 is 2.86 bits per heavy atom. The molecular weight excluding hydrogens is 272 g/mol. The standard InChI is InChI=1S/C14H18N4O3/c1-17-11-6-18(5-10(14(17)20)7-21-8-11)12-3-2-9(4-16-12)13(15)19/h2-4,10-11H,5-8H2,1H3,(H2,15,19)/t10-,11+/m1/s1. The summed E-state index contributed by atoms with van der Waals surface area (Å²) in [6.07, 6.45) is 1.47. The predicted molar refractivity (Wildman–Crippen MR) is 75.8 cm³/mol. The van der Waals surface area contributed by atoms with E-state index in [-0.39, 0.29) is 17.9 Å². The number of aromatic nitrogens is 1. The summed E-state index contributed by atoms with van der Waals surface area (Å²) in [5.74, 6) is 0.193. The van der Waals surface area contributed by atoms with Gasteiger partial charge in [0.05, 0.1) is 30.7 Å². The Balaban J connectivity index is 1.86. The zero-order valence-corrected chi connectivity index (χ0v) is 11.9. The molecule has 2 bridgehead atoms. The van der Waals surface area contributed by atoms with Crippen molar-refractivity contribution in [3.63, 3.8) is 0 Å². The fourth-order valence-corrected chi connectivity index (χ4v) is 2.80. The molecule has 2 aliphatic heterocycles. The lowest BCUT2D eigenvalue weighted by Gasteiger charge is -2.30. The summed E-state index contributed by atoms with van der Waals surface area (Å²) < 4.78 is 5.57. The number of pyridine rings is 1. The van der Waals surface area contributed by atoms with Crippen LogP contribution in [0, 0.1) is 5.92 Å². The van der Waals surface area contributed by atoms with Gasteiger partial charge in [-0.1, -0.05) is 0 Å². The van der Waals surface area contributed by atoms with Gasteiger partial charge in [0.2, 0.25) is 11.8 Å². The van der Waals surface area contributed by atoms with Gasteiger partial charge in [0.1, 0.15) is 5.82 Å². The van der Waals surface area contributed by atoms with Crippen molar-refractivity contribution in [2.45, 2.75) is 6.04 Å². The third kappa shape index (κ3) is 2.56. The zero-order chi connectivity index (χ0) is 15.0. The van der Waals surface area contributed by atoms with Crippen LogP contribution in [0.15, 0.2) is 18.3 Å². The molecule has 2 saturated heterocycles. The molecule has 2 aliphatic rings. The first-order valence-electron chi connectivity index (χ1n) is 6.91. The fraction of sp³-hybridized carbons (Fsp3) is 0.500. The SMILES string of the molecule is CN1C(=O)[C@H]2COC[C@@H]1CN(c1ccc(C(N)=O)cn1)C2. The number of amides is 2. The lowest BCUT2D eigenvalue weighted by molar-refractivity contribution is -0.133. The van der Waals surface area contributed by atoms with Crippen LogP contribution in [0.5, 0.6) is 0 Å². The molecule has 2 fully saturated rings. The van der Waals surface area contributed by atoms with Gasteiger partial charge in [-0.3, -0.25) is 9.59 Å². The molecule has 21 heavy (non-hydrogen) atoms. The predicted octanol–water partition coefficient (Wildman–Crippen LogP) is -0.526. The van der Waals surface area contributed by atoms with Gasteiger partial charge in [-0.25, -0.2) is 4.98 Å². The number of carbonyl (C=O) groups excluding carboxylic acids is 2. The van der Waals surface area contributed by atoms with Crippen LogP contribution in [-0.2, 0) is 9.53 Å². The Kier molecular flexibility index (Phi) is 3.50. The number of hydrogen-bond acceptors (Lipinski definition) is 5. The van der Waals surface area contributed by atoms with Crippen molar-refractivity contribution >= 4 is 17.6 Å². The van der Waals surface area contributed by atoms with Crippen LogP contribution in [0.1, 0.15) is 10.4 Å². The summed E-state index contributed by atoms with van der Waals surface area (Å²) in [7, 11) is 1.82. The summed E-state index contributed by atoms with van der Waals surface area (Å²) in [6, 6.07) is 3.45. The van der Waals surface area contributed by atoms with E-state index in [2.05, 4.69) is 9.88 Å². The summed E-state index contributed by atoms with van der Waals surface area (Å²) in [5, 5.41) is 0. The van der Waals surface area contributed by atoms with Crippen molar-refractivity contribution in [2.24, 2.45) is 11.7 Å². The van der Waals surface area contributed by atoms with Crippen LogP contribution < -0.4 is 10.6 Å². The number of nitrogens with zero attached hydrogens (tertiary/aromatic N) is 3. The van der Waals surface area contributed by atoms with E-state index in [9.17, 15) is 9.59 Å². The second-order valence-electron chi connectivity index (χ2n) is 5.51. The average molecular weight is 290 g/mol. The van der Waals surface area contributed by atoms with Gasteiger partial charge in [-0.05, 0) is 12.1 Å². The van der Waals surface area contributed by atoms with Gasteiger partial charge in [0, 0.05) is 26.3 Å². The zero-order valence-electron chi connectivity index (χ0n) is 11.9. The first-order valence-corrected chi connectivity index (χ1v) is 6.91. The number of nitrogens with two attached hydrogens (primary N) is 1. The number of rotatable bonds is 2. The largest absolute Gasteiger partial charge is 0.378 e. The fourth-order valence-electron chi connectivity index (χ4n) is 2.80. The highest BCUT2D eigenvalue weighted by molar-refractivity contribution is 5.92. The van der Waals surface area contributed by atoms with Gasteiger partial charge in [0.15, 0.2) is 0 Å². The minimum atomic E-state index is -0.495. The molecule has 0 aliphatic carbocycles. The number of ether oxygens (including phenoxy) is 1. The Hall–Kier alpha value is -2.15. The van der Waals surface area contributed by atoms with Gasteiger partial charge in [-0.15, -0.1) is 0 Å². The van der Waals surface area contributed by atoms with E-state index in [4.69, 9.17) is 10.5 Å². The van der Waals surface area contributed by atoms with E-state index in [1.165, 1.54) is 6.20 Å². The average Bonchev–Trinajstić information content (AvgIpc) is 2.65. The van der Waals surface area contributed by atoms with Crippen LogP contribution in [-0.4, -0.2) is 61.1 Å². The van der Waals surface area contributed by atoms with E-state index in [1.54, 1.807) is 17.0 Å². The number of primary amides is 1. The maximum Gasteiger partial charge on any atom is 0.250 e. The van der Waals surface area contributed by atoms with Gasteiger partial charge in [0.25, 0.3) is 0 Å². The molecule has 7 nitrogen and oxygen atoms in total. The Morgan fingerprint density at radius 2 is 2.19 bits per heavy atom. The monoisotopic (exact) mass is 290 g/mol. The summed E-state index contributed by atoms with van der Waals surface area (Å²) in [5.41, 5.74) is 5.60. The van der Waals surface area contributed by atoms with Crippen molar-refractivity contribution in [1.82, 2.24) is 9.88 Å². The van der Waals surface area contributed by atoms with E-state index in [0.717, 1.165) is 5.82 Å². The van der Waals surface area contributed by atoms with Crippen molar-refractivity contribution < 1.29 is 14.3 Å². The quantitative estimate of drug-likeness (QED) is 0.791. The number of anilines is 1. The van der Waals surface area contributed by atoms with Crippen molar-refractivity contribution in [3.05, 3.63) is 23.9 Å². The van der Waals surface area contributed by atoms with Crippen LogP contribution in [0.25, 0.3) is 0 Å². The van der Waals surface area contributed by atoms with Gasteiger partial charge >= 0.3 is 0 Å². The van der Waals surface area contributed by atoms with Crippen LogP contribution in [0.3, 0.4) is 0 Å². The number of hydrogen-bond donors (Lipinski definition) is 1. The van der Waals surface area contributed by atoms with E-state index < -0.39 is 5.91 Å². The molecule has 2 atom stereocenters. The molecule has 2 amide bonds. The molecule has 0 unspecified atom stereocenters. The van der Waals surface area contributed by atoms with E-state index in [0.29, 0.717) is 31.9 Å². The molecule has 112 valence electrons. The molecule has 7 heteroatoms. The summed E-state index contributed by atoms with van der Waals surface area (Å²) in [4.78, 5) is 31.5. The highest BCUT2D eigenvalue weighted by Crippen LogP contribution is 2.23. The molecule has 0 saturated carbocycles. The maximum absolute atomic E-state index is 12.3. The molecule has 1 aromatic rings. The number of likely N-dealkylation sites (N-methyl/N-ethyl adjacent to an activating group) is 1. The minimum Gasteiger partial charge on any atom is -0.378 e. The highest BCUT2D eigenvalue weighted by atomic mass is 16.5. The Morgan fingerprint density at radius 1 is 1.38 bits per heavy atom. The normalized spacial score (nSPS) is 25.7. The van der Waals surface area contributed by atoms with Crippen LogP contribution >= 0.6 is 0 Å². The van der Waals surface area contributed by atoms with Gasteiger partial charge in [-0.2, -0.15) is 0 Å². The topological polar surface area (TPSA) is 88.8 Å². The van der Waals surface area contributed by atoms with E-state index in [1.807, 2.05) is 7.05 Å². The Bertz CT molecular complexity index is 560. The van der Waals surface area contributed by atoms with E-state index >= 15 is 0 Å². The molecule has 3 heterocycles.